The predicted octanol–water partition coefficient (Wildman–Crippen LogP) is 4.76. The fraction of sp³-hybridized carbons (Fsp3) is 0.0556. The SMILES string of the molecule is CN(c1ccsc1C(=O)Nc1ccc(F)c(F)c1)S(=O)(=O)c1ccc(Cl)cc1. The molecule has 0 atom stereocenters. The van der Waals surface area contributed by atoms with Crippen molar-refractivity contribution in [2.24, 2.45) is 0 Å². The Morgan fingerprint density at radius 1 is 1.07 bits per heavy atom. The summed E-state index contributed by atoms with van der Waals surface area (Å²) in [5, 5.41) is 4.38. The molecule has 0 aliphatic rings. The molecule has 1 amide bonds. The number of anilines is 2. The van der Waals surface area contributed by atoms with Crippen LogP contribution >= 0.6 is 22.9 Å². The van der Waals surface area contributed by atoms with Gasteiger partial charge in [0.2, 0.25) is 0 Å². The van der Waals surface area contributed by atoms with Crippen LogP contribution in [0, 0.1) is 11.6 Å². The first-order valence-corrected chi connectivity index (χ1v) is 10.5. The summed E-state index contributed by atoms with van der Waals surface area (Å²) in [6.45, 7) is 0. The Morgan fingerprint density at radius 3 is 2.39 bits per heavy atom. The van der Waals surface area contributed by atoms with Crippen LogP contribution in [-0.4, -0.2) is 21.4 Å². The van der Waals surface area contributed by atoms with Gasteiger partial charge in [-0.1, -0.05) is 11.6 Å². The van der Waals surface area contributed by atoms with Gasteiger partial charge in [0.15, 0.2) is 11.6 Å². The minimum Gasteiger partial charge on any atom is -0.321 e. The van der Waals surface area contributed by atoms with E-state index in [1.54, 1.807) is 5.38 Å². The number of hydrogen-bond donors (Lipinski definition) is 1. The minimum absolute atomic E-state index is 0.0116. The minimum atomic E-state index is -3.93. The van der Waals surface area contributed by atoms with Crippen LogP contribution < -0.4 is 9.62 Å². The molecule has 1 aromatic heterocycles. The monoisotopic (exact) mass is 442 g/mol. The molecule has 0 saturated carbocycles. The van der Waals surface area contributed by atoms with E-state index < -0.39 is 27.6 Å². The van der Waals surface area contributed by atoms with E-state index in [0.717, 1.165) is 27.8 Å². The molecule has 0 fully saturated rings. The first kappa shape index (κ1) is 20.2. The molecule has 0 radical (unpaired) electrons. The fourth-order valence-corrected chi connectivity index (χ4v) is 4.58. The second-order valence-corrected chi connectivity index (χ2v) is 8.97. The van der Waals surface area contributed by atoms with Gasteiger partial charge in [0, 0.05) is 23.8 Å². The maximum Gasteiger partial charge on any atom is 0.267 e. The summed E-state index contributed by atoms with van der Waals surface area (Å²) in [6.07, 6.45) is 0. The van der Waals surface area contributed by atoms with Crippen molar-refractivity contribution in [2.75, 3.05) is 16.7 Å². The maximum absolute atomic E-state index is 13.3. The van der Waals surface area contributed by atoms with Crippen LogP contribution in [0.25, 0.3) is 0 Å². The lowest BCUT2D eigenvalue weighted by Crippen LogP contribution is -2.28. The van der Waals surface area contributed by atoms with E-state index in [0.29, 0.717) is 5.02 Å². The Morgan fingerprint density at radius 2 is 1.75 bits per heavy atom. The average molecular weight is 443 g/mol. The van der Waals surface area contributed by atoms with Crippen LogP contribution in [0.4, 0.5) is 20.2 Å². The second kappa shape index (κ2) is 7.86. The van der Waals surface area contributed by atoms with E-state index in [1.165, 1.54) is 43.4 Å². The lowest BCUT2D eigenvalue weighted by Gasteiger charge is -2.19. The highest BCUT2D eigenvalue weighted by Crippen LogP contribution is 2.31. The molecular formula is C18H13ClF2N2O3S2. The van der Waals surface area contributed by atoms with Crippen molar-refractivity contribution in [1.29, 1.82) is 0 Å². The second-order valence-electron chi connectivity index (χ2n) is 5.64. The average Bonchev–Trinajstić information content (AvgIpc) is 3.14. The normalized spacial score (nSPS) is 11.3. The summed E-state index contributed by atoms with van der Waals surface area (Å²) >= 11 is 6.81. The topological polar surface area (TPSA) is 66.5 Å². The lowest BCUT2D eigenvalue weighted by molar-refractivity contribution is 0.103. The molecule has 3 rings (SSSR count). The zero-order valence-corrected chi connectivity index (χ0v) is 16.7. The third-order valence-electron chi connectivity index (χ3n) is 3.84. The van der Waals surface area contributed by atoms with Crippen molar-refractivity contribution < 1.29 is 22.0 Å². The number of carbonyl (C=O) groups is 1. The number of sulfonamides is 1. The van der Waals surface area contributed by atoms with Gasteiger partial charge in [0.1, 0.15) is 4.88 Å². The number of nitrogens with one attached hydrogen (secondary N) is 1. The van der Waals surface area contributed by atoms with Crippen LogP contribution in [0.5, 0.6) is 0 Å². The number of benzene rings is 2. The zero-order valence-electron chi connectivity index (χ0n) is 14.3. The quantitative estimate of drug-likeness (QED) is 0.619. The summed E-state index contributed by atoms with van der Waals surface area (Å²) < 4.78 is 53.0. The third kappa shape index (κ3) is 4.01. The Balaban J connectivity index is 1.88. The number of halogens is 3. The highest BCUT2D eigenvalue weighted by molar-refractivity contribution is 7.92. The van der Waals surface area contributed by atoms with Gasteiger partial charge in [0.05, 0.1) is 10.6 Å². The Hall–Kier alpha value is -2.49. The van der Waals surface area contributed by atoms with Crippen molar-refractivity contribution in [3.05, 3.63) is 75.4 Å². The predicted molar refractivity (Wildman–Crippen MR) is 106 cm³/mol. The highest BCUT2D eigenvalue weighted by Gasteiger charge is 2.26. The van der Waals surface area contributed by atoms with Crippen molar-refractivity contribution in [3.8, 4) is 0 Å². The van der Waals surface area contributed by atoms with Gasteiger partial charge in [-0.3, -0.25) is 9.10 Å². The van der Waals surface area contributed by atoms with Crippen molar-refractivity contribution in [1.82, 2.24) is 0 Å². The van der Waals surface area contributed by atoms with Crippen LogP contribution in [0.2, 0.25) is 5.02 Å². The summed E-state index contributed by atoms with van der Waals surface area (Å²) in [7, 11) is -2.61. The van der Waals surface area contributed by atoms with Crippen LogP contribution in [0.1, 0.15) is 9.67 Å². The molecule has 2 aromatic carbocycles. The molecule has 28 heavy (non-hydrogen) atoms. The van der Waals surface area contributed by atoms with E-state index in [-0.39, 0.29) is 21.1 Å². The number of carbonyl (C=O) groups excluding carboxylic acids is 1. The molecule has 0 aliphatic heterocycles. The zero-order chi connectivity index (χ0) is 20.5. The van der Waals surface area contributed by atoms with Crippen molar-refractivity contribution >= 4 is 50.2 Å². The summed E-state index contributed by atoms with van der Waals surface area (Å²) in [5.41, 5.74) is 0.200. The van der Waals surface area contributed by atoms with E-state index in [1.807, 2.05) is 0 Å². The lowest BCUT2D eigenvalue weighted by atomic mass is 10.3. The molecule has 146 valence electrons. The van der Waals surface area contributed by atoms with Crippen LogP contribution in [-0.2, 0) is 10.0 Å². The molecule has 0 saturated heterocycles. The molecule has 1 N–H and O–H groups in total. The molecule has 0 aliphatic carbocycles. The number of amides is 1. The molecule has 5 nitrogen and oxygen atoms in total. The standard InChI is InChI=1S/C18H13ClF2N2O3S2/c1-23(28(25,26)13-5-2-11(19)3-6-13)16-8-9-27-17(16)18(24)22-12-4-7-14(20)15(21)10-12/h2-10H,1H3,(H,22,24). The van der Waals surface area contributed by atoms with Gasteiger partial charge >= 0.3 is 0 Å². The Labute approximate surface area is 169 Å². The molecule has 1 heterocycles. The van der Waals surface area contributed by atoms with E-state index in [2.05, 4.69) is 5.32 Å². The maximum atomic E-state index is 13.3. The molecule has 0 bridgehead atoms. The van der Waals surface area contributed by atoms with Gasteiger partial charge in [-0.25, -0.2) is 17.2 Å². The fourth-order valence-electron chi connectivity index (χ4n) is 2.38. The third-order valence-corrected chi connectivity index (χ3v) is 6.78. The first-order valence-electron chi connectivity index (χ1n) is 7.78. The number of rotatable bonds is 5. The molecule has 0 spiro atoms. The van der Waals surface area contributed by atoms with E-state index in [4.69, 9.17) is 11.6 Å². The largest absolute Gasteiger partial charge is 0.321 e. The van der Waals surface area contributed by atoms with Gasteiger partial charge in [-0.2, -0.15) is 0 Å². The smallest absolute Gasteiger partial charge is 0.267 e. The van der Waals surface area contributed by atoms with Crippen LogP contribution in [0.15, 0.2) is 58.8 Å². The van der Waals surface area contributed by atoms with Gasteiger partial charge in [-0.15, -0.1) is 11.3 Å². The highest BCUT2D eigenvalue weighted by atomic mass is 35.5. The Bertz CT molecular complexity index is 1130. The van der Waals surface area contributed by atoms with Gasteiger partial charge in [-0.05, 0) is 47.8 Å². The molecule has 10 heteroatoms. The van der Waals surface area contributed by atoms with E-state index in [9.17, 15) is 22.0 Å². The summed E-state index contributed by atoms with van der Waals surface area (Å²) in [5.74, 6) is -2.79. The first-order chi connectivity index (χ1) is 13.2. The number of thiophene rings is 1. The van der Waals surface area contributed by atoms with Crippen LogP contribution in [0.3, 0.4) is 0 Å². The van der Waals surface area contributed by atoms with Crippen molar-refractivity contribution in [2.45, 2.75) is 4.90 Å². The van der Waals surface area contributed by atoms with Gasteiger partial charge in [0.25, 0.3) is 15.9 Å². The molecule has 3 aromatic rings. The van der Waals surface area contributed by atoms with Gasteiger partial charge < -0.3 is 5.32 Å². The van der Waals surface area contributed by atoms with E-state index >= 15 is 0 Å². The Kier molecular flexibility index (Phi) is 5.69. The number of nitrogens with zero attached hydrogens (tertiary/aromatic N) is 1. The number of hydrogen-bond acceptors (Lipinski definition) is 4. The summed E-state index contributed by atoms with van der Waals surface area (Å²) in [6, 6.07) is 10.0. The van der Waals surface area contributed by atoms with Crippen molar-refractivity contribution in [3.63, 3.8) is 0 Å². The summed E-state index contributed by atoms with van der Waals surface area (Å²) in [4.78, 5) is 12.7. The molecule has 0 unspecified atom stereocenters. The molecular weight excluding hydrogens is 430 g/mol.